The molecule has 0 radical (unpaired) electrons. The van der Waals surface area contributed by atoms with Gasteiger partial charge >= 0.3 is 0 Å². The zero-order chi connectivity index (χ0) is 15.6. The second kappa shape index (κ2) is 5.88. The first-order chi connectivity index (χ1) is 9.80. The lowest BCUT2D eigenvalue weighted by Crippen LogP contribution is -2.15. The summed E-state index contributed by atoms with van der Waals surface area (Å²) in [7, 11) is 3.85. The number of anilines is 1. The average Bonchev–Trinajstić information content (AvgIpc) is 2.79. The van der Waals surface area contributed by atoms with E-state index in [-0.39, 0.29) is 5.54 Å². The Labute approximate surface area is 126 Å². The zero-order valence-corrected chi connectivity index (χ0v) is 13.9. The van der Waals surface area contributed by atoms with Gasteiger partial charge in [0.05, 0.1) is 5.54 Å². The lowest BCUT2D eigenvalue weighted by Gasteiger charge is -2.16. The summed E-state index contributed by atoms with van der Waals surface area (Å²) in [6.45, 7) is 8.55. The Balaban J connectivity index is 2.46. The Kier molecular flexibility index (Phi) is 4.35. The van der Waals surface area contributed by atoms with Crippen LogP contribution in [0.5, 0.6) is 0 Å². The molecule has 0 aliphatic carbocycles. The smallest absolute Gasteiger partial charge is 0.297 e. The van der Waals surface area contributed by atoms with E-state index in [1.54, 1.807) is 0 Å². The van der Waals surface area contributed by atoms with E-state index in [0.717, 1.165) is 35.2 Å². The molecule has 1 aromatic carbocycles. The normalized spacial score (nSPS) is 13.0. The number of aromatic nitrogens is 1. The molecule has 0 fully saturated rings. The van der Waals surface area contributed by atoms with E-state index in [1.165, 1.54) is 0 Å². The van der Waals surface area contributed by atoms with Crippen LogP contribution in [0.2, 0.25) is 0 Å². The SMILES string of the molecule is CCC/C(=N/C(C)(C)C)c1ccc2nc(N(C)C)oc2c1. The fraction of sp³-hybridized carbons (Fsp3) is 0.529. The highest BCUT2D eigenvalue weighted by Gasteiger charge is 2.13. The van der Waals surface area contributed by atoms with Crippen LogP contribution in [0.1, 0.15) is 46.1 Å². The third-order valence-corrected chi connectivity index (χ3v) is 3.05. The molecule has 21 heavy (non-hydrogen) atoms. The van der Waals surface area contributed by atoms with Gasteiger partial charge in [0.1, 0.15) is 5.52 Å². The van der Waals surface area contributed by atoms with Gasteiger partial charge in [0, 0.05) is 19.8 Å². The lowest BCUT2D eigenvalue weighted by atomic mass is 10.0. The van der Waals surface area contributed by atoms with Gasteiger partial charge in [-0.15, -0.1) is 0 Å². The highest BCUT2D eigenvalue weighted by molar-refractivity contribution is 6.02. The van der Waals surface area contributed by atoms with E-state index in [9.17, 15) is 0 Å². The fourth-order valence-corrected chi connectivity index (χ4v) is 2.19. The van der Waals surface area contributed by atoms with Crippen molar-refractivity contribution in [3.8, 4) is 0 Å². The molecule has 0 saturated carbocycles. The summed E-state index contributed by atoms with van der Waals surface area (Å²) in [4.78, 5) is 11.2. The molecule has 0 amide bonds. The molecule has 1 heterocycles. The van der Waals surface area contributed by atoms with Crippen molar-refractivity contribution in [1.82, 2.24) is 4.98 Å². The van der Waals surface area contributed by atoms with Crippen LogP contribution in [0.4, 0.5) is 6.01 Å². The van der Waals surface area contributed by atoms with Crippen molar-refractivity contribution >= 4 is 22.8 Å². The molecule has 0 bridgehead atoms. The maximum Gasteiger partial charge on any atom is 0.297 e. The highest BCUT2D eigenvalue weighted by atomic mass is 16.4. The van der Waals surface area contributed by atoms with Gasteiger partial charge in [-0.25, -0.2) is 0 Å². The molecular weight excluding hydrogens is 262 g/mol. The molecule has 2 aromatic rings. The Morgan fingerprint density at radius 2 is 2.00 bits per heavy atom. The van der Waals surface area contributed by atoms with Crippen molar-refractivity contribution < 1.29 is 4.42 Å². The minimum Gasteiger partial charge on any atom is -0.423 e. The van der Waals surface area contributed by atoms with E-state index in [0.29, 0.717) is 6.01 Å². The first-order valence-corrected chi connectivity index (χ1v) is 7.47. The highest BCUT2D eigenvalue weighted by Crippen LogP contribution is 2.23. The van der Waals surface area contributed by atoms with Crippen LogP contribution in [0.25, 0.3) is 11.1 Å². The van der Waals surface area contributed by atoms with Gasteiger partial charge in [-0.1, -0.05) is 19.4 Å². The summed E-state index contributed by atoms with van der Waals surface area (Å²) < 4.78 is 5.79. The topological polar surface area (TPSA) is 41.6 Å². The molecule has 0 aliphatic rings. The average molecular weight is 287 g/mol. The van der Waals surface area contributed by atoms with E-state index >= 15 is 0 Å². The fourth-order valence-electron chi connectivity index (χ4n) is 2.19. The Bertz CT molecular complexity index is 648. The number of fused-ring (bicyclic) bond motifs is 1. The maximum absolute atomic E-state index is 5.79. The molecule has 0 atom stereocenters. The standard InChI is InChI=1S/C17H25N3O/c1-7-8-13(19-17(2,3)4)12-9-10-14-15(11-12)21-16(18-14)20(5)6/h9-11H,7-8H2,1-6H3/b19-13-. The minimum atomic E-state index is -0.0737. The van der Waals surface area contributed by atoms with Gasteiger partial charge in [-0.3, -0.25) is 4.99 Å². The molecule has 4 heteroatoms. The van der Waals surface area contributed by atoms with Crippen molar-refractivity contribution in [2.24, 2.45) is 4.99 Å². The summed E-state index contributed by atoms with van der Waals surface area (Å²) in [5, 5.41) is 0. The number of aliphatic imine (C=N–C) groups is 1. The molecule has 0 saturated heterocycles. The Morgan fingerprint density at radius 1 is 1.29 bits per heavy atom. The summed E-state index contributed by atoms with van der Waals surface area (Å²) in [6.07, 6.45) is 2.05. The molecule has 2 rings (SSSR count). The van der Waals surface area contributed by atoms with Crippen LogP contribution in [0.3, 0.4) is 0 Å². The van der Waals surface area contributed by atoms with Gasteiger partial charge in [0.25, 0.3) is 6.01 Å². The number of hydrogen-bond acceptors (Lipinski definition) is 4. The third-order valence-electron chi connectivity index (χ3n) is 3.05. The molecule has 0 spiro atoms. The van der Waals surface area contributed by atoms with E-state index in [4.69, 9.17) is 9.41 Å². The molecule has 114 valence electrons. The predicted octanol–water partition coefficient (Wildman–Crippen LogP) is 4.28. The number of nitrogens with zero attached hydrogens (tertiary/aromatic N) is 3. The molecule has 0 aliphatic heterocycles. The first-order valence-electron chi connectivity index (χ1n) is 7.47. The maximum atomic E-state index is 5.79. The van der Waals surface area contributed by atoms with Crippen molar-refractivity contribution in [3.63, 3.8) is 0 Å². The first kappa shape index (κ1) is 15.5. The number of oxazole rings is 1. The Hall–Kier alpha value is -1.84. The monoisotopic (exact) mass is 287 g/mol. The zero-order valence-electron chi connectivity index (χ0n) is 13.9. The van der Waals surface area contributed by atoms with Crippen LogP contribution in [0.15, 0.2) is 27.6 Å². The van der Waals surface area contributed by atoms with E-state index in [1.807, 2.05) is 25.1 Å². The van der Waals surface area contributed by atoms with Gasteiger partial charge in [0.2, 0.25) is 0 Å². The predicted molar refractivity (Wildman–Crippen MR) is 89.5 cm³/mol. The van der Waals surface area contributed by atoms with Crippen LogP contribution >= 0.6 is 0 Å². The number of hydrogen-bond donors (Lipinski definition) is 0. The van der Waals surface area contributed by atoms with E-state index in [2.05, 4.69) is 44.8 Å². The van der Waals surface area contributed by atoms with Gasteiger partial charge in [-0.2, -0.15) is 4.98 Å². The van der Waals surface area contributed by atoms with Gasteiger partial charge in [-0.05, 0) is 44.9 Å². The van der Waals surface area contributed by atoms with Crippen LogP contribution in [-0.2, 0) is 0 Å². The largest absolute Gasteiger partial charge is 0.423 e. The quantitative estimate of drug-likeness (QED) is 0.788. The summed E-state index contributed by atoms with van der Waals surface area (Å²) in [5.41, 5.74) is 3.88. The molecule has 0 N–H and O–H groups in total. The third kappa shape index (κ3) is 3.84. The van der Waals surface area contributed by atoms with Crippen LogP contribution in [-0.4, -0.2) is 30.3 Å². The van der Waals surface area contributed by atoms with Crippen LogP contribution in [0, 0.1) is 0 Å². The van der Waals surface area contributed by atoms with Crippen LogP contribution < -0.4 is 4.90 Å². The summed E-state index contributed by atoms with van der Waals surface area (Å²) in [5.74, 6) is 0. The van der Waals surface area contributed by atoms with Crippen molar-refractivity contribution in [1.29, 1.82) is 0 Å². The number of rotatable bonds is 4. The molecule has 1 aromatic heterocycles. The second-order valence-electron chi connectivity index (χ2n) is 6.55. The minimum absolute atomic E-state index is 0.0737. The molecule has 0 unspecified atom stereocenters. The van der Waals surface area contributed by atoms with Crippen molar-refractivity contribution in [3.05, 3.63) is 23.8 Å². The van der Waals surface area contributed by atoms with E-state index < -0.39 is 0 Å². The number of benzene rings is 1. The summed E-state index contributed by atoms with van der Waals surface area (Å²) in [6, 6.07) is 6.78. The van der Waals surface area contributed by atoms with Crippen molar-refractivity contribution in [2.45, 2.75) is 46.1 Å². The lowest BCUT2D eigenvalue weighted by molar-refractivity contribution is 0.581. The van der Waals surface area contributed by atoms with Gasteiger partial charge in [0.15, 0.2) is 5.58 Å². The molecule has 4 nitrogen and oxygen atoms in total. The Morgan fingerprint density at radius 3 is 2.57 bits per heavy atom. The summed E-state index contributed by atoms with van der Waals surface area (Å²) >= 11 is 0. The van der Waals surface area contributed by atoms with Crippen molar-refractivity contribution in [2.75, 3.05) is 19.0 Å². The second-order valence-corrected chi connectivity index (χ2v) is 6.55. The molecular formula is C17H25N3O. The van der Waals surface area contributed by atoms with Gasteiger partial charge < -0.3 is 9.32 Å².